The highest BCUT2D eigenvalue weighted by Gasteiger charge is 2.67. The summed E-state index contributed by atoms with van der Waals surface area (Å²) in [5.74, 6) is -3.91. The van der Waals surface area contributed by atoms with Crippen LogP contribution >= 0.6 is 10.5 Å². The lowest BCUT2D eigenvalue weighted by Gasteiger charge is -2.39. The Balaban J connectivity index is 1.95. The highest BCUT2D eigenvalue weighted by molar-refractivity contribution is 8.42. The average molecular weight is 426 g/mol. The monoisotopic (exact) mass is 426 g/mol. The van der Waals surface area contributed by atoms with Gasteiger partial charge in [-0.2, -0.15) is 0 Å². The second-order valence-electron chi connectivity index (χ2n) is 5.25. The smallest absolute Gasteiger partial charge is 0.435 e. The van der Waals surface area contributed by atoms with Crippen LogP contribution in [0.3, 0.4) is 0 Å². The van der Waals surface area contributed by atoms with Crippen molar-refractivity contribution in [2.75, 3.05) is 6.61 Å². The summed E-state index contributed by atoms with van der Waals surface area (Å²) in [5, 5.41) is 0. The van der Waals surface area contributed by atoms with Crippen LogP contribution in [-0.4, -0.2) is 24.8 Å². The van der Waals surface area contributed by atoms with E-state index in [0.717, 1.165) is 12.1 Å². The summed E-state index contributed by atoms with van der Waals surface area (Å²) >= 11 is 0. The van der Waals surface area contributed by atoms with Crippen molar-refractivity contribution in [3.63, 3.8) is 0 Å². The van der Waals surface area contributed by atoms with Gasteiger partial charge in [0.05, 0.1) is 5.56 Å². The maximum absolute atomic E-state index is 12.3. The molecular weight excluding hydrogens is 415 g/mol. The van der Waals surface area contributed by atoms with Crippen molar-refractivity contribution >= 4 is 28.7 Å². The maximum Gasteiger partial charge on any atom is 0.435 e. The number of benzene rings is 2. The molecule has 0 amide bonds. The fourth-order valence-electron chi connectivity index (χ4n) is 1.84. The number of aldehydes is 1. The Hall–Kier alpha value is -3.15. The van der Waals surface area contributed by atoms with Gasteiger partial charge in [0, 0.05) is 11.6 Å². The van der Waals surface area contributed by atoms with Crippen LogP contribution in [0.2, 0.25) is 0 Å². The Morgan fingerprint density at radius 2 is 1.54 bits per heavy atom. The molecule has 0 spiro atoms. The van der Waals surface area contributed by atoms with Gasteiger partial charge in [-0.15, -0.1) is 0 Å². The minimum Gasteiger partial charge on any atom is -0.450 e. The molecule has 0 aliphatic carbocycles. The van der Waals surface area contributed by atoms with Crippen molar-refractivity contribution in [2.45, 2.75) is 0 Å². The van der Waals surface area contributed by atoms with E-state index in [2.05, 4.69) is 13.7 Å². The van der Waals surface area contributed by atoms with Gasteiger partial charge < -0.3 is 13.7 Å². The van der Waals surface area contributed by atoms with Gasteiger partial charge in [-0.05, 0) is 24.3 Å². The summed E-state index contributed by atoms with van der Waals surface area (Å²) in [6, 6.07) is 8.15. The predicted molar refractivity (Wildman–Crippen MR) is 87.9 cm³/mol. The quantitative estimate of drug-likeness (QED) is 0.273. The molecule has 2 rings (SSSR count). The SMILES string of the molecule is O=Cc1ccc(C(=O)OCC(=O)Oc2cccc(OS(F)(F)(F)(F)F)c2)cc1. The number of esters is 2. The zero-order chi connectivity index (χ0) is 21.1. The third kappa shape index (κ3) is 7.23. The number of rotatable bonds is 7. The van der Waals surface area contributed by atoms with Crippen LogP contribution in [0, 0.1) is 0 Å². The van der Waals surface area contributed by atoms with Crippen LogP contribution in [0.1, 0.15) is 20.7 Å². The minimum absolute atomic E-state index is 0.0321. The molecule has 0 radical (unpaired) electrons. The van der Waals surface area contributed by atoms with Gasteiger partial charge in [-0.25, -0.2) is 9.59 Å². The van der Waals surface area contributed by atoms with Gasteiger partial charge in [0.1, 0.15) is 17.8 Å². The van der Waals surface area contributed by atoms with E-state index in [-0.39, 0.29) is 5.56 Å². The molecule has 152 valence electrons. The molecule has 0 fully saturated rings. The number of hydrogen-bond acceptors (Lipinski definition) is 6. The van der Waals surface area contributed by atoms with Crippen LogP contribution in [-0.2, 0) is 9.53 Å². The van der Waals surface area contributed by atoms with E-state index in [1.165, 1.54) is 24.3 Å². The standard InChI is InChI=1S/C16H11F5O6S/c17-28(18,19,20,21)27-14-3-1-2-13(8-14)26-15(23)10-25-16(24)12-6-4-11(9-22)5-7-12/h1-9H,10H2. The molecule has 0 saturated heterocycles. The molecule has 0 bridgehead atoms. The fraction of sp³-hybridized carbons (Fsp3) is 0.0625. The van der Waals surface area contributed by atoms with Crippen molar-refractivity contribution in [1.82, 2.24) is 0 Å². The molecule has 2 aromatic carbocycles. The molecule has 0 unspecified atom stereocenters. The fourth-order valence-corrected chi connectivity index (χ4v) is 2.31. The molecule has 12 heteroatoms. The van der Waals surface area contributed by atoms with E-state index in [1.807, 2.05) is 0 Å². The normalized spacial score (nSPS) is 13.6. The van der Waals surface area contributed by atoms with Gasteiger partial charge >= 0.3 is 22.4 Å². The van der Waals surface area contributed by atoms with Gasteiger partial charge in [0.15, 0.2) is 6.61 Å². The lowest BCUT2D eigenvalue weighted by Crippen LogP contribution is -2.19. The Morgan fingerprint density at radius 1 is 0.929 bits per heavy atom. The molecular formula is C16H11F5O6S. The van der Waals surface area contributed by atoms with Crippen LogP contribution in [0.15, 0.2) is 48.5 Å². The molecule has 0 saturated carbocycles. The molecule has 0 aromatic heterocycles. The van der Waals surface area contributed by atoms with E-state index >= 15 is 0 Å². The van der Waals surface area contributed by atoms with Gasteiger partial charge in [0.25, 0.3) is 0 Å². The third-order valence-electron chi connectivity index (χ3n) is 2.89. The first-order valence-corrected chi connectivity index (χ1v) is 9.10. The van der Waals surface area contributed by atoms with Crippen LogP contribution in [0.5, 0.6) is 11.5 Å². The van der Waals surface area contributed by atoms with Gasteiger partial charge in [0.2, 0.25) is 0 Å². The minimum atomic E-state index is -10.2. The predicted octanol–water partition coefficient (Wildman–Crippen LogP) is 4.85. The molecule has 0 N–H and O–H groups in total. The van der Waals surface area contributed by atoms with Crippen LogP contribution < -0.4 is 8.92 Å². The first kappa shape index (κ1) is 21.2. The van der Waals surface area contributed by atoms with Crippen molar-refractivity contribution in [1.29, 1.82) is 0 Å². The van der Waals surface area contributed by atoms with Crippen LogP contribution in [0.4, 0.5) is 19.4 Å². The van der Waals surface area contributed by atoms with Crippen molar-refractivity contribution in [3.05, 3.63) is 59.7 Å². The third-order valence-corrected chi connectivity index (χ3v) is 3.40. The Morgan fingerprint density at radius 3 is 2.11 bits per heavy atom. The van der Waals surface area contributed by atoms with Gasteiger partial charge in [-0.3, -0.25) is 4.79 Å². The lowest BCUT2D eigenvalue weighted by molar-refractivity contribution is -0.137. The second-order valence-corrected chi connectivity index (χ2v) is 7.21. The molecule has 0 heterocycles. The van der Waals surface area contributed by atoms with E-state index in [1.54, 1.807) is 0 Å². The average Bonchev–Trinajstić information content (AvgIpc) is 2.57. The summed E-state index contributed by atoms with van der Waals surface area (Å²) in [6.07, 6.45) is 0.556. The molecule has 0 aliphatic heterocycles. The number of hydrogen-bond donors (Lipinski definition) is 0. The summed E-state index contributed by atoms with van der Waals surface area (Å²) < 4.78 is 73.7. The van der Waals surface area contributed by atoms with Crippen molar-refractivity contribution in [2.24, 2.45) is 0 Å². The summed E-state index contributed by atoms with van der Waals surface area (Å²) in [7, 11) is -10.2. The molecule has 6 nitrogen and oxygen atoms in total. The second kappa shape index (κ2) is 6.78. The number of halogens is 5. The van der Waals surface area contributed by atoms with Crippen molar-refractivity contribution in [3.8, 4) is 11.5 Å². The maximum atomic E-state index is 12.3. The largest absolute Gasteiger partial charge is 0.450 e. The molecule has 0 aliphatic rings. The number of carbonyl (C=O) groups excluding carboxylic acids is 3. The Bertz CT molecular complexity index is 912. The first-order valence-electron chi connectivity index (χ1n) is 7.22. The summed E-state index contributed by atoms with van der Waals surface area (Å²) in [4.78, 5) is 33.9. The Kier molecular flexibility index (Phi) is 5.12. The van der Waals surface area contributed by atoms with E-state index in [9.17, 15) is 33.8 Å². The van der Waals surface area contributed by atoms with E-state index in [4.69, 9.17) is 0 Å². The zero-order valence-corrected chi connectivity index (χ0v) is 14.5. The number of carbonyl (C=O) groups is 3. The van der Waals surface area contributed by atoms with Crippen LogP contribution in [0.25, 0.3) is 0 Å². The van der Waals surface area contributed by atoms with E-state index in [0.29, 0.717) is 24.0 Å². The lowest BCUT2D eigenvalue weighted by atomic mass is 10.1. The Labute approximate surface area is 154 Å². The zero-order valence-electron chi connectivity index (χ0n) is 13.7. The van der Waals surface area contributed by atoms with E-state index < -0.39 is 40.5 Å². The number of ether oxygens (including phenoxy) is 2. The first-order chi connectivity index (χ1) is 12.7. The molecule has 2 aromatic rings. The highest BCUT2D eigenvalue weighted by atomic mass is 32.5. The highest BCUT2D eigenvalue weighted by Crippen LogP contribution is 2.97. The molecule has 0 atom stereocenters. The van der Waals surface area contributed by atoms with Gasteiger partial charge in [-0.1, -0.05) is 37.6 Å². The summed E-state index contributed by atoms with van der Waals surface area (Å²) in [6.45, 7) is -0.902. The summed E-state index contributed by atoms with van der Waals surface area (Å²) in [5.41, 5.74) is 0.342. The molecule has 28 heavy (non-hydrogen) atoms. The van der Waals surface area contributed by atoms with Crippen molar-refractivity contribution < 1.29 is 47.5 Å². The topological polar surface area (TPSA) is 78.9 Å².